The molecule has 0 fully saturated rings. The molecule has 2 N–H and O–H groups in total. The number of H-pyrrole nitrogens is 1. The van der Waals surface area contributed by atoms with Gasteiger partial charge in [-0.3, -0.25) is 5.10 Å². The second kappa shape index (κ2) is 6.42. The number of nitrogens with zero attached hydrogens (tertiary/aromatic N) is 2. The summed E-state index contributed by atoms with van der Waals surface area (Å²) in [5, 5.41) is 10.8. The molecule has 0 aliphatic carbocycles. The molecule has 0 spiro atoms. The van der Waals surface area contributed by atoms with Crippen LogP contribution in [0.5, 0.6) is 5.75 Å². The summed E-state index contributed by atoms with van der Waals surface area (Å²) in [7, 11) is 3.63. The lowest BCUT2D eigenvalue weighted by Gasteiger charge is -2.16. The Morgan fingerprint density at radius 1 is 1.50 bits per heavy atom. The number of hydrogen-bond donors (Lipinski definition) is 2. The molecule has 1 heterocycles. The molecule has 1 atom stereocenters. The van der Waals surface area contributed by atoms with Crippen molar-refractivity contribution in [2.45, 2.75) is 11.2 Å². The first-order valence-electron chi connectivity index (χ1n) is 5.63. The summed E-state index contributed by atoms with van der Waals surface area (Å²) in [5.41, 5.74) is 1.20. The fraction of sp³-hybridized carbons (Fsp3) is 0.333. The van der Waals surface area contributed by atoms with E-state index in [2.05, 4.69) is 26.6 Å². The number of nitrogens with one attached hydrogen (secondary N) is 2. The molecule has 0 amide bonds. The quantitative estimate of drug-likeness (QED) is 0.780. The van der Waals surface area contributed by atoms with Gasteiger partial charge in [-0.15, -0.1) is 0 Å². The monoisotopic (exact) mass is 264 g/mol. The highest BCUT2D eigenvalue weighted by molar-refractivity contribution is 7.99. The molecule has 1 aromatic heterocycles. The van der Waals surface area contributed by atoms with E-state index < -0.39 is 0 Å². The Morgan fingerprint density at radius 3 is 3.06 bits per heavy atom. The summed E-state index contributed by atoms with van der Waals surface area (Å²) >= 11 is 1.64. The summed E-state index contributed by atoms with van der Waals surface area (Å²) in [6.07, 6.45) is 1.52. The molecule has 0 saturated carbocycles. The van der Waals surface area contributed by atoms with Gasteiger partial charge in [0.1, 0.15) is 12.1 Å². The fourth-order valence-corrected chi connectivity index (χ4v) is 2.55. The maximum absolute atomic E-state index is 5.24. The van der Waals surface area contributed by atoms with E-state index in [1.807, 2.05) is 25.2 Å². The van der Waals surface area contributed by atoms with Crippen LogP contribution in [-0.4, -0.2) is 35.1 Å². The lowest BCUT2D eigenvalue weighted by atomic mass is 10.1. The maximum atomic E-state index is 5.24. The smallest absolute Gasteiger partial charge is 0.183 e. The van der Waals surface area contributed by atoms with Crippen molar-refractivity contribution in [3.63, 3.8) is 0 Å². The van der Waals surface area contributed by atoms with E-state index in [1.165, 1.54) is 11.9 Å². The Labute approximate surface area is 110 Å². The standard InChI is InChI=1S/C12H16N4OS/c1-13-11(7-18-12-14-8-15-16-12)9-4-3-5-10(6-9)17-2/h3-6,8,11,13H,7H2,1-2H3,(H,14,15,16). The van der Waals surface area contributed by atoms with Gasteiger partial charge in [-0.05, 0) is 24.7 Å². The third-order valence-electron chi connectivity index (χ3n) is 2.62. The van der Waals surface area contributed by atoms with Gasteiger partial charge < -0.3 is 10.1 Å². The molecule has 2 aromatic rings. The molecule has 5 nitrogen and oxygen atoms in total. The average molecular weight is 264 g/mol. The van der Waals surface area contributed by atoms with Crippen molar-refractivity contribution in [3.05, 3.63) is 36.2 Å². The number of hydrogen-bond acceptors (Lipinski definition) is 5. The third kappa shape index (κ3) is 3.24. The molecule has 0 aliphatic heterocycles. The van der Waals surface area contributed by atoms with Crippen LogP contribution < -0.4 is 10.1 Å². The third-order valence-corrected chi connectivity index (χ3v) is 3.59. The first kappa shape index (κ1) is 12.9. The van der Waals surface area contributed by atoms with Crippen molar-refractivity contribution in [2.24, 2.45) is 0 Å². The van der Waals surface area contributed by atoms with E-state index in [4.69, 9.17) is 4.74 Å². The van der Waals surface area contributed by atoms with E-state index in [-0.39, 0.29) is 6.04 Å². The van der Waals surface area contributed by atoms with Gasteiger partial charge in [-0.2, -0.15) is 5.10 Å². The van der Waals surface area contributed by atoms with Crippen molar-refractivity contribution in [3.8, 4) is 5.75 Å². The van der Waals surface area contributed by atoms with Crippen LogP contribution in [0.15, 0.2) is 35.7 Å². The Kier molecular flexibility index (Phi) is 4.60. The number of ether oxygens (including phenoxy) is 1. The molecule has 18 heavy (non-hydrogen) atoms. The molecule has 2 rings (SSSR count). The minimum atomic E-state index is 0.246. The Bertz CT molecular complexity index is 475. The van der Waals surface area contributed by atoms with Crippen molar-refractivity contribution >= 4 is 11.8 Å². The van der Waals surface area contributed by atoms with Crippen LogP contribution in [0.2, 0.25) is 0 Å². The van der Waals surface area contributed by atoms with Crippen LogP contribution >= 0.6 is 11.8 Å². The molecular formula is C12H16N4OS. The van der Waals surface area contributed by atoms with Gasteiger partial charge in [-0.1, -0.05) is 23.9 Å². The Hall–Kier alpha value is -1.53. The van der Waals surface area contributed by atoms with Crippen LogP contribution in [0.1, 0.15) is 11.6 Å². The van der Waals surface area contributed by atoms with Crippen LogP contribution in [0, 0.1) is 0 Å². The van der Waals surface area contributed by atoms with Crippen LogP contribution in [0.3, 0.4) is 0 Å². The highest BCUT2D eigenvalue weighted by Crippen LogP contribution is 2.24. The Balaban J connectivity index is 2.03. The predicted octanol–water partition coefficient (Wildman–Crippen LogP) is 1.87. The van der Waals surface area contributed by atoms with E-state index in [0.29, 0.717) is 0 Å². The fourth-order valence-electron chi connectivity index (χ4n) is 1.63. The maximum Gasteiger partial charge on any atom is 0.183 e. The molecule has 0 aliphatic rings. The number of rotatable bonds is 6. The number of benzene rings is 1. The average Bonchev–Trinajstić information content (AvgIpc) is 2.93. The minimum Gasteiger partial charge on any atom is -0.497 e. The zero-order valence-electron chi connectivity index (χ0n) is 10.4. The summed E-state index contributed by atoms with van der Waals surface area (Å²) in [6.45, 7) is 0. The van der Waals surface area contributed by atoms with Crippen molar-refractivity contribution in [2.75, 3.05) is 19.9 Å². The SMILES string of the molecule is CNC(CSc1ncn[nH]1)c1cccc(OC)c1. The predicted molar refractivity (Wildman–Crippen MR) is 71.9 cm³/mol. The Morgan fingerprint density at radius 2 is 2.39 bits per heavy atom. The number of methoxy groups -OCH3 is 1. The summed E-state index contributed by atoms with van der Waals surface area (Å²) < 4.78 is 5.24. The van der Waals surface area contributed by atoms with Crippen LogP contribution in [0.25, 0.3) is 0 Å². The van der Waals surface area contributed by atoms with Gasteiger partial charge in [0, 0.05) is 11.8 Å². The zero-order chi connectivity index (χ0) is 12.8. The van der Waals surface area contributed by atoms with Crippen molar-refractivity contribution in [1.29, 1.82) is 0 Å². The van der Waals surface area contributed by atoms with Gasteiger partial charge >= 0.3 is 0 Å². The van der Waals surface area contributed by atoms with Crippen LogP contribution in [0.4, 0.5) is 0 Å². The molecule has 96 valence electrons. The molecule has 1 unspecified atom stereocenters. The van der Waals surface area contributed by atoms with E-state index in [0.717, 1.165) is 16.7 Å². The molecule has 1 aromatic carbocycles. The topological polar surface area (TPSA) is 62.8 Å². The lowest BCUT2D eigenvalue weighted by Crippen LogP contribution is -2.18. The summed E-state index contributed by atoms with van der Waals surface area (Å²) in [6, 6.07) is 8.32. The first-order chi connectivity index (χ1) is 8.83. The first-order valence-corrected chi connectivity index (χ1v) is 6.61. The normalized spacial score (nSPS) is 12.3. The molecular weight excluding hydrogens is 248 g/mol. The van der Waals surface area contributed by atoms with E-state index >= 15 is 0 Å². The van der Waals surface area contributed by atoms with Gasteiger partial charge in [-0.25, -0.2) is 4.98 Å². The summed E-state index contributed by atoms with van der Waals surface area (Å²) in [4.78, 5) is 4.09. The van der Waals surface area contributed by atoms with Crippen LogP contribution in [-0.2, 0) is 0 Å². The number of thioether (sulfide) groups is 1. The van der Waals surface area contributed by atoms with E-state index in [9.17, 15) is 0 Å². The molecule has 6 heteroatoms. The van der Waals surface area contributed by atoms with Crippen molar-refractivity contribution < 1.29 is 4.74 Å². The molecule has 0 saturated heterocycles. The molecule has 0 bridgehead atoms. The highest BCUT2D eigenvalue weighted by Gasteiger charge is 2.11. The van der Waals surface area contributed by atoms with Gasteiger partial charge in [0.2, 0.25) is 0 Å². The lowest BCUT2D eigenvalue weighted by molar-refractivity contribution is 0.413. The number of aromatic amines is 1. The summed E-state index contributed by atoms with van der Waals surface area (Å²) in [5.74, 6) is 1.75. The zero-order valence-corrected chi connectivity index (χ0v) is 11.2. The van der Waals surface area contributed by atoms with Gasteiger partial charge in [0.15, 0.2) is 5.16 Å². The number of aromatic nitrogens is 3. The van der Waals surface area contributed by atoms with Gasteiger partial charge in [0.05, 0.1) is 7.11 Å². The van der Waals surface area contributed by atoms with E-state index in [1.54, 1.807) is 18.9 Å². The second-order valence-corrected chi connectivity index (χ2v) is 4.73. The molecule has 0 radical (unpaired) electrons. The van der Waals surface area contributed by atoms with Gasteiger partial charge in [0.25, 0.3) is 0 Å². The minimum absolute atomic E-state index is 0.246. The van der Waals surface area contributed by atoms with Crippen molar-refractivity contribution in [1.82, 2.24) is 20.5 Å². The second-order valence-electron chi connectivity index (χ2n) is 3.72. The highest BCUT2D eigenvalue weighted by atomic mass is 32.2. The largest absolute Gasteiger partial charge is 0.497 e.